The van der Waals surface area contributed by atoms with Crippen LogP contribution in [0.25, 0.3) is 0 Å². The molecule has 25 heavy (non-hydrogen) atoms. The van der Waals surface area contributed by atoms with Crippen molar-refractivity contribution in [2.24, 2.45) is 0 Å². The van der Waals surface area contributed by atoms with Gasteiger partial charge < -0.3 is 15.4 Å². The Morgan fingerprint density at radius 3 is 2.56 bits per heavy atom. The van der Waals surface area contributed by atoms with E-state index >= 15 is 0 Å². The number of para-hydroxylation sites is 1. The van der Waals surface area contributed by atoms with Gasteiger partial charge in [-0.15, -0.1) is 0 Å². The third kappa shape index (κ3) is 5.29. The van der Waals surface area contributed by atoms with Gasteiger partial charge in [-0.25, -0.2) is 0 Å². The van der Waals surface area contributed by atoms with E-state index in [0.717, 1.165) is 6.07 Å². The molecule has 4 nitrogen and oxygen atoms in total. The zero-order valence-corrected chi connectivity index (χ0v) is 14.0. The fraction of sp³-hybridized carbons (Fsp3) is 0.235. The molecule has 0 atom stereocenters. The van der Waals surface area contributed by atoms with E-state index in [2.05, 4.69) is 10.6 Å². The lowest BCUT2D eigenvalue weighted by Gasteiger charge is -2.14. The van der Waals surface area contributed by atoms with Gasteiger partial charge in [-0.1, -0.05) is 23.7 Å². The van der Waals surface area contributed by atoms with E-state index in [4.69, 9.17) is 16.3 Å². The van der Waals surface area contributed by atoms with E-state index in [9.17, 15) is 18.0 Å². The summed E-state index contributed by atoms with van der Waals surface area (Å²) in [6.07, 6.45) is -4.46. The molecule has 134 valence electrons. The molecular weight excluding hydrogens is 357 g/mol. The third-order valence-electron chi connectivity index (χ3n) is 3.34. The lowest BCUT2D eigenvalue weighted by atomic mass is 10.1. The minimum Gasteiger partial charge on any atom is -0.495 e. The molecule has 0 fully saturated rings. The van der Waals surface area contributed by atoms with Gasteiger partial charge in [0.15, 0.2) is 0 Å². The number of carbonyl (C=O) groups is 1. The van der Waals surface area contributed by atoms with E-state index in [1.54, 1.807) is 12.1 Å². The fourth-order valence-corrected chi connectivity index (χ4v) is 2.42. The number of ether oxygens (including phenoxy) is 1. The maximum absolute atomic E-state index is 12.9. The average Bonchev–Trinajstić information content (AvgIpc) is 2.54. The van der Waals surface area contributed by atoms with Crippen LogP contribution in [0, 0.1) is 0 Å². The first-order valence-corrected chi connectivity index (χ1v) is 7.72. The SMILES string of the molecule is COc1ccc(NC(=O)CCNc2ccccc2C(F)(F)F)cc1Cl. The van der Waals surface area contributed by atoms with E-state index in [-0.39, 0.29) is 24.6 Å². The Morgan fingerprint density at radius 2 is 1.92 bits per heavy atom. The number of anilines is 2. The summed E-state index contributed by atoms with van der Waals surface area (Å²) in [5, 5.41) is 5.61. The fourth-order valence-electron chi connectivity index (χ4n) is 2.16. The van der Waals surface area contributed by atoms with Gasteiger partial charge in [0.1, 0.15) is 5.75 Å². The summed E-state index contributed by atoms with van der Waals surface area (Å²) in [4.78, 5) is 11.9. The van der Waals surface area contributed by atoms with Crippen LogP contribution in [0.3, 0.4) is 0 Å². The topological polar surface area (TPSA) is 50.4 Å². The molecule has 2 rings (SSSR count). The molecule has 0 heterocycles. The Labute approximate surface area is 147 Å². The van der Waals surface area contributed by atoms with Gasteiger partial charge in [0.05, 0.1) is 17.7 Å². The summed E-state index contributed by atoms with van der Waals surface area (Å²) in [6.45, 7) is 0.0583. The summed E-state index contributed by atoms with van der Waals surface area (Å²) in [7, 11) is 1.48. The second-order valence-electron chi connectivity index (χ2n) is 5.12. The molecular formula is C17H16ClF3N2O2. The highest BCUT2D eigenvalue weighted by atomic mass is 35.5. The van der Waals surface area contributed by atoms with Gasteiger partial charge in [0.25, 0.3) is 0 Å². The number of amides is 1. The van der Waals surface area contributed by atoms with Crippen LogP contribution in [0.1, 0.15) is 12.0 Å². The molecule has 0 aliphatic heterocycles. The van der Waals surface area contributed by atoms with Crippen molar-refractivity contribution in [1.29, 1.82) is 0 Å². The number of halogens is 4. The van der Waals surface area contributed by atoms with E-state index in [0.29, 0.717) is 16.5 Å². The summed E-state index contributed by atoms with van der Waals surface area (Å²) in [5.74, 6) is 0.128. The molecule has 0 aromatic heterocycles. The molecule has 0 aliphatic rings. The molecule has 0 spiro atoms. The predicted octanol–water partition coefficient (Wildman–Crippen LogP) is 4.81. The van der Waals surface area contributed by atoms with Gasteiger partial charge in [0.2, 0.25) is 5.91 Å². The normalized spacial score (nSPS) is 11.1. The van der Waals surface area contributed by atoms with Crippen LogP contribution in [0.5, 0.6) is 5.75 Å². The van der Waals surface area contributed by atoms with Gasteiger partial charge in [0, 0.05) is 24.3 Å². The molecule has 0 bridgehead atoms. The van der Waals surface area contributed by atoms with E-state index < -0.39 is 11.7 Å². The van der Waals surface area contributed by atoms with Gasteiger partial charge in [-0.2, -0.15) is 13.2 Å². The lowest BCUT2D eigenvalue weighted by molar-refractivity contribution is -0.137. The zero-order chi connectivity index (χ0) is 18.4. The highest BCUT2D eigenvalue weighted by molar-refractivity contribution is 6.32. The number of alkyl halides is 3. The second kappa shape index (κ2) is 8.11. The molecule has 0 aliphatic carbocycles. The summed E-state index contributed by atoms with van der Waals surface area (Å²) < 4.78 is 43.6. The maximum atomic E-state index is 12.9. The van der Waals surface area contributed by atoms with Crippen molar-refractivity contribution in [3.8, 4) is 5.75 Å². The van der Waals surface area contributed by atoms with Crippen molar-refractivity contribution < 1.29 is 22.7 Å². The van der Waals surface area contributed by atoms with Crippen molar-refractivity contribution in [2.75, 3.05) is 24.3 Å². The number of nitrogens with one attached hydrogen (secondary N) is 2. The van der Waals surface area contributed by atoms with Crippen LogP contribution < -0.4 is 15.4 Å². The number of benzene rings is 2. The second-order valence-corrected chi connectivity index (χ2v) is 5.52. The Hall–Kier alpha value is -2.41. The Balaban J connectivity index is 1.90. The first-order valence-electron chi connectivity index (χ1n) is 7.34. The Morgan fingerprint density at radius 1 is 1.20 bits per heavy atom. The predicted molar refractivity (Wildman–Crippen MR) is 91.2 cm³/mol. The van der Waals surface area contributed by atoms with Crippen LogP contribution in [0.2, 0.25) is 5.02 Å². The number of hydrogen-bond acceptors (Lipinski definition) is 3. The standard InChI is InChI=1S/C17H16ClF3N2O2/c1-25-15-7-6-11(10-13(15)18)23-16(24)8-9-22-14-5-3-2-4-12(14)17(19,20)21/h2-7,10,22H,8-9H2,1H3,(H,23,24). The molecule has 1 amide bonds. The summed E-state index contributed by atoms with van der Waals surface area (Å²) >= 11 is 5.96. The van der Waals surface area contributed by atoms with E-state index in [1.807, 2.05) is 0 Å². The molecule has 0 saturated carbocycles. The molecule has 8 heteroatoms. The molecule has 0 saturated heterocycles. The molecule has 2 N–H and O–H groups in total. The van der Waals surface area contributed by atoms with Crippen molar-refractivity contribution in [3.63, 3.8) is 0 Å². The summed E-state index contributed by atoms with van der Waals surface area (Å²) in [5.41, 5.74) is -0.348. The number of hydrogen-bond donors (Lipinski definition) is 2. The van der Waals surface area contributed by atoms with Crippen LogP contribution in [0.4, 0.5) is 24.5 Å². The Bertz CT molecular complexity index is 751. The largest absolute Gasteiger partial charge is 0.495 e. The molecule has 0 unspecified atom stereocenters. The number of rotatable bonds is 6. The zero-order valence-electron chi connectivity index (χ0n) is 13.3. The first kappa shape index (κ1) is 18.9. The smallest absolute Gasteiger partial charge is 0.418 e. The minimum absolute atomic E-state index is 0.00413. The summed E-state index contributed by atoms with van der Waals surface area (Å²) in [6, 6.07) is 9.88. The average molecular weight is 373 g/mol. The van der Waals surface area contributed by atoms with Gasteiger partial charge >= 0.3 is 6.18 Å². The van der Waals surface area contributed by atoms with Crippen LogP contribution in [-0.2, 0) is 11.0 Å². The highest BCUT2D eigenvalue weighted by Crippen LogP contribution is 2.34. The van der Waals surface area contributed by atoms with E-state index in [1.165, 1.54) is 31.4 Å². The number of carbonyl (C=O) groups excluding carboxylic acids is 1. The van der Waals surface area contributed by atoms with Crippen molar-refractivity contribution in [3.05, 3.63) is 53.1 Å². The van der Waals surface area contributed by atoms with Crippen molar-refractivity contribution in [1.82, 2.24) is 0 Å². The van der Waals surface area contributed by atoms with Crippen molar-refractivity contribution in [2.45, 2.75) is 12.6 Å². The maximum Gasteiger partial charge on any atom is 0.418 e. The van der Waals surface area contributed by atoms with Crippen molar-refractivity contribution >= 4 is 28.9 Å². The van der Waals surface area contributed by atoms with Gasteiger partial charge in [-0.05, 0) is 30.3 Å². The van der Waals surface area contributed by atoms with Gasteiger partial charge in [-0.3, -0.25) is 4.79 Å². The monoisotopic (exact) mass is 372 g/mol. The van der Waals surface area contributed by atoms with Crippen LogP contribution >= 0.6 is 11.6 Å². The minimum atomic E-state index is -4.45. The van der Waals surface area contributed by atoms with Crippen LogP contribution in [0.15, 0.2) is 42.5 Å². The highest BCUT2D eigenvalue weighted by Gasteiger charge is 2.33. The quantitative estimate of drug-likeness (QED) is 0.765. The first-order chi connectivity index (χ1) is 11.8. The lowest BCUT2D eigenvalue weighted by Crippen LogP contribution is -2.17. The molecule has 2 aromatic carbocycles. The van der Waals surface area contributed by atoms with Crippen LogP contribution in [-0.4, -0.2) is 19.6 Å². The molecule has 2 aromatic rings. The third-order valence-corrected chi connectivity index (χ3v) is 3.63. The Kier molecular flexibility index (Phi) is 6.14. The molecule has 0 radical (unpaired) electrons. The number of methoxy groups -OCH3 is 1.